The fourth-order valence-corrected chi connectivity index (χ4v) is 2.97. The lowest BCUT2D eigenvalue weighted by Crippen LogP contribution is -2.12. The third kappa shape index (κ3) is 3.57. The molecule has 6 nitrogen and oxygen atoms in total. The van der Waals surface area contributed by atoms with E-state index in [4.69, 9.17) is 9.26 Å². The Morgan fingerprint density at radius 3 is 2.64 bits per heavy atom. The van der Waals surface area contributed by atoms with Crippen molar-refractivity contribution in [3.63, 3.8) is 0 Å². The van der Waals surface area contributed by atoms with Crippen LogP contribution in [0.3, 0.4) is 0 Å². The molecule has 28 heavy (non-hydrogen) atoms. The van der Waals surface area contributed by atoms with Gasteiger partial charge < -0.3 is 14.6 Å². The third-order valence-corrected chi connectivity index (χ3v) is 4.57. The molecule has 4 aromatic rings. The number of amides is 1. The van der Waals surface area contributed by atoms with Crippen LogP contribution in [0, 0.1) is 13.8 Å². The van der Waals surface area contributed by atoms with Gasteiger partial charge in [0, 0.05) is 17.1 Å². The van der Waals surface area contributed by atoms with E-state index in [2.05, 4.69) is 15.5 Å². The summed E-state index contributed by atoms with van der Waals surface area (Å²) in [6.07, 6.45) is 1.73. The summed E-state index contributed by atoms with van der Waals surface area (Å²) >= 11 is 0. The maximum atomic E-state index is 12.6. The zero-order chi connectivity index (χ0) is 19.5. The highest BCUT2D eigenvalue weighted by atomic mass is 16.5. The smallest absolute Gasteiger partial charge is 0.255 e. The Morgan fingerprint density at radius 2 is 1.89 bits per heavy atom. The van der Waals surface area contributed by atoms with Crippen molar-refractivity contribution in [1.29, 1.82) is 0 Å². The van der Waals surface area contributed by atoms with Crippen molar-refractivity contribution in [2.24, 2.45) is 0 Å². The van der Waals surface area contributed by atoms with Gasteiger partial charge >= 0.3 is 0 Å². The minimum atomic E-state index is -0.186. The number of carbonyl (C=O) groups excluding carboxylic acids is 1. The van der Waals surface area contributed by atoms with E-state index in [1.807, 2.05) is 44.2 Å². The van der Waals surface area contributed by atoms with Crippen molar-refractivity contribution < 1.29 is 14.1 Å². The summed E-state index contributed by atoms with van der Waals surface area (Å²) in [5.74, 6) is 1.23. The van der Waals surface area contributed by atoms with Crippen LogP contribution in [0.25, 0.3) is 10.9 Å². The van der Waals surface area contributed by atoms with E-state index in [1.54, 1.807) is 30.5 Å². The van der Waals surface area contributed by atoms with Gasteiger partial charge in [-0.1, -0.05) is 11.2 Å². The summed E-state index contributed by atoms with van der Waals surface area (Å²) < 4.78 is 10.9. The minimum absolute atomic E-state index is 0.186. The van der Waals surface area contributed by atoms with Crippen molar-refractivity contribution in [3.05, 3.63) is 83.4 Å². The molecule has 0 aliphatic carbocycles. The first-order valence-electron chi connectivity index (χ1n) is 8.91. The van der Waals surface area contributed by atoms with Gasteiger partial charge in [0.05, 0.1) is 22.5 Å². The monoisotopic (exact) mass is 373 g/mol. The van der Waals surface area contributed by atoms with Crippen molar-refractivity contribution in [2.75, 3.05) is 5.32 Å². The summed E-state index contributed by atoms with van der Waals surface area (Å²) in [7, 11) is 0. The van der Waals surface area contributed by atoms with E-state index in [1.165, 1.54) is 0 Å². The van der Waals surface area contributed by atoms with Crippen LogP contribution in [0.1, 0.15) is 27.4 Å². The molecule has 0 aliphatic heterocycles. The van der Waals surface area contributed by atoms with E-state index in [0.29, 0.717) is 17.9 Å². The number of benzene rings is 2. The highest BCUT2D eigenvalue weighted by Gasteiger charge is 2.11. The Labute approximate surface area is 162 Å². The number of fused-ring (bicyclic) bond motifs is 1. The van der Waals surface area contributed by atoms with Crippen LogP contribution >= 0.6 is 0 Å². The largest absolute Gasteiger partial charge is 0.489 e. The molecule has 0 fully saturated rings. The molecular weight excluding hydrogens is 354 g/mol. The van der Waals surface area contributed by atoms with Gasteiger partial charge in [0.2, 0.25) is 0 Å². The van der Waals surface area contributed by atoms with E-state index in [-0.39, 0.29) is 5.91 Å². The quantitative estimate of drug-likeness (QED) is 0.550. The highest BCUT2D eigenvalue weighted by molar-refractivity contribution is 6.08. The molecule has 1 N–H and O–H groups in total. The van der Waals surface area contributed by atoms with Gasteiger partial charge in [-0.25, -0.2) is 0 Å². The first-order chi connectivity index (χ1) is 13.6. The number of aromatic nitrogens is 2. The van der Waals surface area contributed by atoms with Crippen LogP contribution in [0.2, 0.25) is 0 Å². The number of hydrogen-bond acceptors (Lipinski definition) is 5. The summed E-state index contributed by atoms with van der Waals surface area (Å²) in [5.41, 5.74) is 3.87. The first kappa shape index (κ1) is 17.7. The number of aryl methyl sites for hydroxylation is 2. The Kier molecular flexibility index (Phi) is 4.76. The van der Waals surface area contributed by atoms with E-state index < -0.39 is 0 Å². The van der Waals surface area contributed by atoms with Crippen molar-refractivity contribution in [3.8, 4) is 5.75 Å². The molecule has 140 valence electrons. The molecule has 6 heteroatoms. The number of hydrogen-bond donors (Lipinski definition) is 1. The molecule has 0 radical (unpaired) electrons. The number of ether oxygens (including phenoxy) is 1. The van der Waals surface area contributed by atoms with Crippen molar-refractivity contribution >= 4 is 22.5 Å². The van der Waals surface area contributed by atoms with Crippen LogP contribution in [-0.2, 0) is 6.61 Å². The average molecular weight is 373 g/mol. The standard InChI is InChI=1S/C22H19N3O3/c1-14-19(15(2)28-25-14)13-27-17-10-8-16(9-11-17)22(26)24-21-7-3-6-20-18(21)5-4-12-23-20/h3-12H,13H2,1-2H3,(H,24,26). The lowest BCUT2D eigenvalue weighted by atomic mass is 10.1. The second-order valence-corrected chi connectivity index (χ2v) is 6.45. The molecule has 2 aromatic carbocycles. The van der Waals surface area contributed by atoms with Gasteiger partial charge in [-0.2, -0.15) is 0 Å². The van der Waals surface area contributed by atoms with Crippen LogP contribution in [0.15, 0.2) is 65.3 Å². The average Bonchev–Trinajstić information content (AvgIpc) is 3.04. The molecule has 2 aromatic heterocycles. The van der Waals surface area contributed by atoms with Gasteiger partial charge in [-0.15, -0.1) is 0 Å². The number of rotatable bonds is 5. The molecule has 0 spiro atoms. The molecule has 0 aliphatic rings. The van der Waals surface area contributed by atoms with Crippen molar-refractivity contribution in [2.45, 2.75) is 20.5 Å². The predicted molar refractivity (Wildman–Crippen MR) is 106 cm³/mol. The Bertz CT molecular complexity index is 1110. The molecule has 0 bridgehead atoms. The van der Waals surface area contributed by atoms with Crippen LogP contribution < -0.4 is 10.1 Å². The number of anilines is 1. The minimum Gasteiger partial charge on any atom is -0.489 e. The molecule has 0 unspecified atom stereocenters. The summed E-state index contributed by atoms with van der Waals surface area (Å²) in [6.45, 7) is 4.11. The number of pyridine rings is 1. The maximum Gasteiger partial charge on any atom is 0.255 e. The SMILES string of the molecule is Cc1noc(C)c1COc1ccc(C(=O)Nc2cccc3ncccc23)cc1. The van der Waals surface area contributed by atoms with Crippen LogP contribution in [-0.4, -0.2) is 16.0 Å². The molecule has 4 rings (SSSR count). The summed E-state index contributed by atoms with van der Waals surface area (Å²) in [6, 6.07) is 16.5. The Morgan fingerprint density at radius 1 is 1.07 bits per heavy atom. The van der Waals surface area contributed by atoms with Crippen LogP contribution in [0.5, 0.6) is 5.75 Å². The predicted octanol–water partition coefficient (Wildman–Crippen LogP) is 4.67. The highest BCUT2D eigenvalue weighted by Crippen LogP contribution is 2.23. The molecule has 1 amide bonds. The zero-order valence-electron chi connectivity index (χ0n) is 15.6. The molecule has 2 heterocycles. The van der Waals surface area contributed by atoms with E-state index in [0.717, 1.165) is 33.6 Å². The van der Waals surface area contributed by atoms with E-state index >= 15 is 0 Å². The maximum absolute atomic E-state index is 12.6. The zero-order valence-corrected chi connectivity index (χ0v) is 15.6. The molecule has 0 saturated heterocycles. The first-order valence-corrected chi connectivity index (χ1v) is 8.91. The summed E-state index contributed by atoms with van der Waals surface area (Å²) in [4.78, 5) is 16.9. The fourth-order valence-electron chi connectivity index (χ4n) is 2.97. The topological polar surface area (TPSA) is 77.2 Å². The molecule has 0 saturated carbocycles. The Balaban J connectivity index is 1.45. The molecule has 0 atom stereocenters. The van der Waals surface area contributed by atoms with Gasteiger partial charge in [-0.05, 0) is 62.4 Å². The summed E-state index contributed by atoms with van der Waals surface area (Å²) in [5, 5.41) is 7.77. The number of nitrogens with one attached hydrogen (secondary N) is 1. The van der Waals surface area contributed by atoms with Gasteiger partial charge in [-0.3, -0.25) is 9.78 Å². The number of nitrogens with zero attached hydrogens (tertiary/aromatic N) is 2. The molecular formula is C22H19N3O3. The van der Waals surface area contributed by atoms with Crippen LogP contribution in [0.4, 0.5) is 5.69 Å². The lowest BCUT2D eigenvalue weighted by molar-refractivity contribution is 0.102. The third-order valence-electron chi connectivity index (χ3n) is 4.57. The van der Waals surface area contributed by atoms with Gasteiger partial charge in [0.25, 0.3) is 5.91 Å². The van der Waals surface area contributed by atoms with Gasteiger partial charge in [0.1, 0.15) is 18.1 Å². The van der Waals surface area contributed by atoms with E-state index in [9.17, 15) is 4.79 Å². The Hall–Kier alpha value is -3.67. The second-order valence-electron chi connectivity index (χ2n) is 6.45. The normalized spacial score (nSPS) is 10.8. The lowest BCUT2D eigenvalue weighted by Gasteiger charge is -2.09. The van der Waals surface area contributed by atoms with Gasteiger partial charge in [0.15, 0.2) is 0 Å². The number of carbonyl (C=O) groups is 1. The second kappa shape index (κ2) is 7.52. The van der Waals surface area contributed by atoms with Crippen molar-refractivity contribution in [1.82, 2.24) is 10.1 Å². The fraction of sp³-hybridized carbons (Fsp3) is 0.136.